The highest BCUT2D eigenvalue weighted by atomic mass is 32.1. The minimum Gasteiger partial charge on any atom is -0.393 e. The molecule has 0 aromatic carbocycles. The summed E-state index contributed by atoms with van der Waals surface area (Å²) >= 11 is 4.87. The molecule has 0 fully saturated rings. The van der Waals surface area contributed by atoms with Crippen molar-refractivity contribution in [2.45, 2.75) is 25.7 Å². The highest BCUT2D eigenvalue weighted by Crippen LogP contribution is 2.22. The van der Waals surface area contributed by atoms with E-state index in [1.165, 1.54) is 24.1 Å². The van der Waals surface area contributed by atoms with Crippen LogP contribution in [0.1, 0.15) is 24.1 Å². The van der Waals surface area contributed by atoms with Crippen molar-refractivity contribution in [3.63, 3.8) is 0 Å². The van der Waals surface area contributed by atoms with Crippen LogP contribution < -0.4 is 10.6 Å². The summed E-state index contributed by atoms with van der Waals surface area (Å²) in [6, 6.07) is 4.28. The number of hydrogen-bond donors (Lipinski definition) is 1. The number of hydrogen-bond acceptors (Lipinski definition) is 3. The number of rotatable bonds is 4. The van der Waals surface area contributed by atoms with Crippen molar-refractivity contribution in [3.05, 3.63) is 23.4 Å². The lowest BCUT2D eigenvalue weighted by Gasteiger charge is -2.18. The van der Waals surface area contributed by atoms with Crippen LogP contribution in [-0.2, 0) is 12.8 Å². The predicted molar refractivity (Wildman–Crippen MR) is 70.9 cm³/mol. The first-order valence-electron chi connectivity index (χ1n) is 5.65. The second-order valence-electron chi connectivity index (χ2n) is 4.27. The Morgan fingerprint density at radius 1 is 1.50 bits per heavy atom. The number of aryl methyl sites for hydroxylation is 2. The van der Waals surface area contributed by atoms with Gasteiger partial charge in [0.25, 0.3) is 0 Å². The molecule has 0 aliphatic heterocycles. The molecule has 0 amide bonds. The number of pyridine rings is 1. The van der Waals surface area contributed by atoms with E-state index in [0.717, 1.165) is 25.2 Å². The summed E-state index contributed by atoms with van der Waals surface area (Å²) in [7, 11) is 2.03. The number of aromatic nitrogens is 1. The largest absolute Gasteiger partial charge is 0.393 e. The van der Waals surface area contributed by atoms with Gasteiger partial charge in [-0.2, -0.15) is 0 Å². The minimum absolute atomic E-state index is 0.563. The van der Waals surface area contributed by atoms with Gasteiger partial charge in [-0.1, -0.05) is 18.3 Å². The number of anilines is 1. The van der Waals surface area contributed by atoms with Crippen molar-refractivity contribution < 1.29 is 0 Å². The summed E-state index contributed by atoms with van der Waals surface area (Å²) in [4.78, 5) is 7.34. The maximum atomic E-state index is 5.49. The number of nitrogens with zero attached hydrogens (tertiary/aromatic N) is 2. The van der Waals surface area contributed by atoms with E-state index in [-0.39, 0.29) is 0 Å². The zero-order valence-electron chi connectivity index (χ0n) is 9.57. The fourth-order valence-electron chi connectivity index (χ4n) is 2.01. The van der Waals surface area contributed by atoms with Crippen molar-refractivity contribution in [1.82, 2.24) is 4.98 Å². The minimum atomic E-state index is 0.563. The monoisotopic (exact) mass is 235 g/mol. The quantitative estimate of drug-likeness (QED) is 0.806. The van der Waals surface area contributed by atoms with Crippen LogP contribution in [0.5, 0.6) is 0 Å². The van der Waals surface area contributed by atoms with Gasteiger partial charge < -0.3 is 10.6 Å². The van der Waals surface area contributed by atoms with Crippen molar-refractivity contribution in [3.8, 4) is 0 Å². The molecule has 0 atom stereocenters. The number of thiocarbonyl (C=S) groups is 1. The van der Waals surface area contributed by atoms with Crippen molar-refractivity contribution in [2.75, 3.05) is 18.5 Å². The third-order valence-electron chi connectivity index (χ3n) is 3.00. The molecule has 86 valence electrons. The van der Waals surface area contributed by atoms with Crippen LogP contribution >= 0.6 is 12.2 Å². The Bertz CT molecular complexity index is 403. The molecule has 2 N–H and O–H groups in total. The van der Waals surface area contributed by atoms with Gasteiger partial charge in [-0.15, -0.1) is 0 Å². The van der Waals surface area contributed by atoms with Gasteiger partial charge in [-0.05, 0) is 30.9 Å². The van der Waals surface area contributed by atoms with Crippen molar-refractivity contribution in [1.29, 1.82) is 0 Å². The van der Waals surface area contributed by atoms with E-state index in [9.17, 15) is 0 Å². The molecular formula is C12H17N3S. The molecule has 0 saturated carbocycles. The third-order valence-corrected chi connectivity index (χ3v) is 3.20. The Balaban J connectivity index is 2.06. The van der Waals surface area contributed by atoms with E-state index in [0.29, 0.717) is 4.99 Å². The smallest absolute Gasteiger partial charge is 0.128 e. The van der Waals surface area contributed by atoms with Crippen molar-refractivity contribution in [2.24, 2.45) is 5.73 Å². The van der Waals surface area contributed by atoms with Gasteiger partial charge in [0.05, 0.1) is 4.99 Å². The highest BCUT2D eigenvalue weighted by Gasteiger charge is 2.13. The first kappa shape index (κ1) is 11.3. The van der Waals surface area contributed by atoms with E-state index in [2.05, 4.69) is 22.0 Å². The van der Waals surface area contributed by atoms with Gasteiger partial charge in [-0.3, -0.25) is 0 Å². The van der Waals surface area contributed by atoms with Gasteiger partial charge in [0.1, 0.15) is 5.82 Å². The molecule has 0 saturated heterocycles. The highest BCUT2D eigenvalue weighted by molar-refractivity contribution is 7.80. The summed E-state index contributed by atoms with van der Waals surface area (Å²) in [6.07, 6.45) is 4.28. The standard InChI is InChI=1S/C12H17N3S/c1-15(8-7-11(13)16)12-6-5-9-3-2-4-10(9)14-12/h5-6H,2-4,7-8H2,1H3,(H2,13,16). The van der Waals surface area contributed by atoms with Gasteiger partial charge in [0.15, 0.2) is 0 Å². The first-order chi connectivity index (χ1) is 7.66. The Labute approximate surface area is 102 Å². The van der Waals surface area contributed by atoms with Gasteiger partial charge in [0.2, 0.25) is 0 Å². The van der Waals surface area contributed by atoms with Gasteiger partial charge in [-0.25, -0.2) is 4.98 Å². The normalized spacial score (nSPS) is 13.6. The number of fused-ring (bicyclic) bond motifs is 1. The maximum absolute atomic E-state index is 5.49. The average molecular weight is 235 g/mol. The van der Waals surface area contributed by atoms with E-state index in [1.807, 2.05) is 7.05 Å². The lowest BCUT2D eigenvalue weighted by molar-refractivity contribution is 0.875. The van der Waals surface area contributed by atoms with Crippen LogP contribution in [0.25, 0.3) is 0 Å². The molecule has 16 heavy (non-hydrogen) atoms. The van der Waals surface area contributed by atoms with Crippen LogP contribution in [0.3, 0.4) is 0 Å². The first-order valence-corrected chi connectivity index (χ1v) is 6.06. The van der Waals surface area contributed by atoms with Crippen LogP contribution in [0.2, 0.25) is 0 Å². The topological polar surface area (TPSA) is 42.1 Å². The van der Waals surface area contributed by atoms with Gasteiger partial charge in [0, 0.05) is 25.7 Å². The summed E-state index contributed by atoms with van der Waals surface area (Å²) in [6.45, 7) is 0.834. The summed E-state index contributed by atoms with van der Waals surface area (Å²) < 4.78 is 0. The van der Waals surface area contributed by atoms with Gasteiger partial charge >= 0.3 is 0 Å². The average Bonchev–Trinajstić information content (AvgIpc) is 2.72. The fraction of sp³-hybridized carbons (Fsp3) is 0.500. The molecule has 1 aromatic rings. The van der Waals surface area contributed by atoms with Crippen LogP contribution in [0.4, 0.5) is 5.82 Å². The second-order valence-corrected chi connectivity index (χ2v) is 4.79. The molecule has 0 spiro atoms. The molecule has 1 heterocycles. The molecule has 1 aliphatic rings. The molecule has 2 rings (SSSR count). The summed E-state index contributed by atoms with van der Waals surface area (Å²) in [5.74, 6) is 1.02. The number of nitrogens with two attached hydrogens (primary N) is 1. The summed E-state index contributed by atoms with van der Waals surface area (Å²) in [5.41, 5.74) is 8.17. The Morgan fingerprint density at radius 3 is 3.06 bits per heavy atom. The zero-order chi connectivity index (χ0) is 11.5. The Kier molecular flexibility index (Phi) is 3.39. The van der Waals surface area contributed by atoms with Crippen LogP contribution in [0, 0.1) is 0 Å². The third kappa shape index (κ3) is 2.50. The second kappa shape index (κ2) is 4.78. The molecule has 1 aliphatic carbocycles. The Morgan fingerprint density at radius 2 is 2.31 bits per heavy atom. The van der Waals surface area contributed by atoms with E-state index >= 15 is 0 Å². The maximum Gasteiger partial charge on any atom is 0.128 e. The Hall–Kier alpha value is -1.16. The summed E-state index contributed by atoms with van der Waals surface area (Å²) in [5, 5.41) is 0. The molecule has 0 bridgehead atoms. The predicted octanol–water partition coefficient (Wildman–Crippen LogP) is 1.68. The van der Waals surface area contributed by atoms with E-state index < -0.39 is 0 Å². The molecule has 0 radical (unpaired) electrons. The SMILES string of the molecule is CN(CCC(N)=S)c1ccc2c(n1)CCC2. The molecule has 3 nitrogen and oxygen atoms in total. The van der Waals surface area contributed by atoms with E-state index in [4.69, 9.17) is 18.0 Å². The van der Waals surface area contributed by atoms with Crippen LogP contribution in [0.15, 0.2) is 12.1 Å². The molecule has 1 aromatic heterocycles. The van der Waals surface area contributed by atoms with E-state index in [1.54, 1.807) is 0 Å². The zero-order valence-corrected chi connectivity index (χ0v) is 10.4. The van der Waals surface area contributed by atoms with Crippen molar-refractivity contribution >= 4 is 23.0 Å². The molecule has 0 unspecified atom stereocenters. The van der Waals surface area contributed by atoms with Crippen LogP contribution in [-0.4, -0.2) is 23.6 Å². The fourth-order valence-corrected chi connectivity index (χ4v) is 2.11. The molecule has 4 heteroatoms. The lowest BCUT2D eigenvalue weighted by atomic mass is 10.2. The molecular weight excluding hydrogens is 218 g/mol. The lowest BCUT2D eigenvalue weighted by Crippen LogP contribution is -2.24.